The molecule has 0 fully saturated rings. The molecule has 2 aromatic carbocycles. The molecule has 0 atom stereocenters. The van der Waals surface area contributed by atoms with E-state index in [1.807, 2.05) is 12.1 Å². The maximum atomic E-state index is 12.5. The van der Waals surface area contributed by atoms with E-state index in [0.717, 1.165) is 16.7 Å². The van der Waals surface area contributed by atoms with Crippen molar-refractivity contribution in [1.29, 1.82) is 0 Å². The number of rotatable bonds is 4. The molecule has 1 aliphatic rings. The minimum atomic E-state index is -0.839. The second-order valence-corrected chi connectivity index (χ2v) is 6.97. The van der Waals surface area contributed by atoms with Gasteiger partial charge < -0.3 is 0 Å². The molecule has 7 nitrogen and oxygen atoms in total. The topological polar surface area (TPSA) is 96.0 Å². The van der Waals surface area contributed by atoms with Gasteiger partial charge in [-0.15, -0.1) is 5.10 Å². The quantitative estimate of drug-likeness (QED) is 0.536. The molecule has 3 aromatic rings. The molecule has 0 aliphatic carbocycles. The number of H-pyrrole nitrogens is 1. The lowest BCUT2D eigenvalue weighted by atomic mass is 10.1. The largest absolute Gasteiger partial charge is 0.306 e. The fraction of sp³-hybridized carbons (Fsp3) is 0.0556. The number of carbonyl (C=O) groups is 3. The summed E-state index contributed by atoms with van der Waals surface area (Å²) in [5.41, 5.74) is 1.24. The number of nitrogens with one attached hydrogen (secondary N) is 1. The highest BCUT2D eigenvalue weighted by Gasteiger charge is 2.39. The van der Waals surface area contributed by atoms with Gasteiger partial charge in [0.25, 0.3) is 5.78 Å². The van der Waals surface area contributed by atoms with Crippen LogP contribution in [0.3, 0.4) is 0 Å². The van der Waals surface area contributed by atoms with E-state index in [1.54, 1.807) is 30.3 Å². The van der Waals surface area contributed by atoms with E-state index in [4.69, 9.17) is 11.6 Å². The van der Waals surface area contributed by atoms with Crippen LogP contribution < -0.4 is 4.90 Å². The normalized spacial score (nSPS) is 13.1. The third-order valence-electron chi connectivity index (χ3n) is 3.95. The molecule has 0 radical (unpaired) electrons. The van der Waals surface area contributed by atoms with Gasteiger partial charge in [0, 0.05) is 5.56 Å². The fourth-order valence-electron chi connectivity index (χ4n) is 2.71. The van der Waals surface area contributed by atoms with E-state index in [9.17, 15) is 14.4 Å². The summed E-state index contributed by atoms with van der Waals surface area (Å²) >= 11 is 7.20. The van der Waals surface area contributed by atoms with Gasteiger partial charge in [-0.1, -0.05) is 47.6 Å². The summed E-state index contributed by atoms with van der Waals surface area (Å²) in [6.45, 7) is 0. The third-order valence-corrected chi connectivity index (χ3v) is 5.12. The molecule has 2 amide bonds. The second kappa shape index (κ2) is 6.98. The summed E-state index contributed by atoms with van der Waals surface area (Å²) in [6, 6.07) is 13.6. The third kappa shape index (κ3) is 3.13. The standard InChI is InChI=1S/C18H11ClN4O3S/c19-12-7-3-1-5-10(12)16-20-18(22-21-16)27-9-14(24)23-13-8-4-2-6-11(13)15(25)17(23)26/h1-8H,9H2,(H,20,21,22). The highest BCUT2D eigenvalue weighted by molar-refractivity contribution is 7.99. The van der Waals surface area contributed by atoms with Crippen LogP contribution in [0.2, 0.25) is 5.02 Å². The Kier molecular flexibility index (Phi) is 4.51. The van der Waals surface area contributed by atoms with Crippen molar-refractivity contribution in [2.45, 2.75) is 5.16 Å². The molecule has 0 unspecified atom stereocenters. The Hall–Kier alpha value is -2.97. The van der Waals surface area contributed by atoms with Gasteiger partial charge in [-0.25, -0.2) is 9.88 Å². The average Bonchev–Trinajstić information content (AvgIpc) is 3.24. The van der Waals surface area contributed by atoms with Gasteiger partial charge in [-0.05, 0) is 24.3 Å². The van der Waals surface area contributed by atoms with Crippen molar-refractivity contribution in [3.8, 4) is 11.4 Å². The number of amides is 2. The minimum absolute atomic E-state index is 0.0901. The van der Waals surface area contributed by atoms with Crippen LogP contribution in [-0.4, -0.2) is 38.5 Å². The number of hydrogen-bond acceptors (Lipinski definition) is 6. The molecule has 0 spiro atoms. The van der Waals surface area contributed by atoms with Crippen LogP contribution in [0.5, 0.6) is 0 Å². The first-order chi connectivity index (χ1) is 13.1. The molecular formula is C18H11ClN4O3S. The zero-order valence-corrected chi connectivity index (χ0v) is 15.3. The molecule has 9 heteroatoms. The number of carbonyl (C=O) groups excluding carboxylic acids is 3. The lowest BCUT2D eigenvalue weighted by molar-refractivity contribution is -0.122. The van der Waals surface area contributed by atoms with Crippen LogP contribution in [0.4, 0.5) is 5.69 Å². The Morgan fingerprint density at radius 2 is 1.78 bits per heavy atom. The molecule has 1 N–H and O–H groups in total. The fourth-order valence-corrected chi connectivity index (χ4v) is 3.58. The number of thioether (sulfide) groups is 1. The number of hydrogen-bond donors (Lipinski definition) is 1. The molecular weight excluding hydrogens is 388 g/mol. The molecule has 27 heavy (non-hydrogen) atoms. The molecule has 1 aliphatic heterocycles. The number of imide groups is 1. The number of anilines is 1. The van der Waals surface area contributed by atoms with Crippen LogP contribution >= 0.6 is 23.4 Å². The van der Waals surface area contributed by atoms with Crippen molar-refractivity contribution >= 4 is 46.6 Å². The predicted molar refractivity (Wildman–Crippen MR) is 101 cm³/mol. The van der Waals surface area contributed by atoms with E-state index in [0.29, 0.717) is 27.3 Å². The number of fused-ring (bicyclic) bond motifs is 1. The summed E-state index contributed by atoms with van der Waals surface area (Å²) in [5.74, 6) is -1.63. The number of nitrogens with zero attached hydrogens (tertiary/aromatic N) is 3. The molecule has 0 saturated carbocycles. The summed E-state index contributed by atoms with van der Waals surface area (Å²) in [5, 5.41) is 7.70. The van der Waals surface area contributed by atoms with Gasteiger partial charge in [0.05, 0.1) is 22.0 Å². The maximum Gasteiger partial charge on any atom is 0.306 e. The van der Waals surface area contributed by atoms with E-state index in [2.05, 4.69) is 15.2 Å². The van der Waals surface area contributed by atoms with Crippen LogP contribution in [0.15, 0.2) is 53.7 Å². The number of aromatic nitrogens is 3. The minimum Gasteiger partial charge on any atom is -0.283 e. The van der Waals surface area contributed by atoms with Crippen LogP contribution in [0, 0.1) is 0 Å². The zero-order valence-electron chi connectivity index (χ0n) is 13.7. The first-order valence-electron chi connectivity index (χ1n) is 7.87. The SMILES string of the molecule is O=C1C(=O)N(C(=O)CSc2n[nH]c(-c3ccccc3Cl)n2)c2ccccc21. The first kappa shape index (κ1) is 17.4. The van der Waals surface area contributed by atoms with Gasteiger partial charge in [0.2, 0.25) is 11.1 Å². The van der Waals surface area contributed by atoms with Crippen molar-refractivity contribution in [1.82, 2.24) is 15.2 Å². The summed E-state index contributed by atoms with van der Waals surface area (Å²) < 4.78 is 0. The molecule has 0 saturated heterocycles. The number of aromatic amines is 1. The van der Waals surface area contributed by atoms with E-state index >= 15 is 0 Å². The Morgan fingerprint density at radius 1 is 1.07 bits per heavy atom. The molecule has 4 rings (SSSR count). The van der Waals surface area contributed by atoms with Crippen molar-refractivity contribution < 1.29 is 14.4 Å². The number of Topliss-reactive ketones (excluding diaryl/α,β-unsaturated/α-hetero) is 1. The van der Waals surface area contributed by atoms with E-state index in [-0.39, 0.29) is 11.3 Å². The van der Waals surface area contributed by atoms with Gasteiger partial charge >= 0.3 is 5.91 Å². The van der Waals surface area contributed by atoms with E-state index < -0.39 is 17.6 Å². The predicted octanol–water partition coefficient (Wildman–Crippen LogP) is 2.97. The highest BCUT2D eigenvalue weighted by atomic mass is 35.5. The molecule has 2 heterocycles. The van der Waals surface area contributed by atoms with Crippen molar-refractivity contribution in [2.24, 2.45) is 0 Å². The number of benzene rings is 2. The van der Waals surface area contributed by atoms with Crippen molar-refractivity contribution in [3.63, 3.8) is 0 Å². The van der Waals surface area contributed by atoms with Crippen molar-refractivity contribution in [2.75, 3.05) is 10.7 Å². The Balaban J connectivity index is 1.49. The van der Waals surface area contributed by atoms with Crippen LogP contribution in [-0.2, 0) is 9.59 Å². The summed E-state index contributed by atoms with van der Waals surface area (Å²) in [7, 11) is 0. The zero-order chi connectivity index (χ0) is 19.0. The van der Waals surface area contributed by atoms with Gasteiger partial charge in [0.1, 0.15) is 0 Å². The van der Waals surface area contributed by atoms with E-state index in [1.165, 1.54) is 6.07 Å². The van der Waals surface area contributed by atoms with Crippen molar-refractivity contribution in [3.05, 3.63) is 59.1 Å². The second-order valence-electron chi connectivity index (χ2n) is 5.62. The average molecular weight is 399 g/mol. The number of halogens is 1. The van der Waals surface area contributed by atoms with Gasteiger partial charge in [0.15, 0.2) is 5.82 Å². The smallest absolute Gasteiger partial charge is 0.283 e. The first-order valence-corrected chi connectivity index (χ1v) is 9.23. The van der Waals surface area contributed by atoms with Gasteiger partial charge in [-0.3, -0.25) is 19.5 Å². The Morgan fingerprint density at radius 3 is 2.56 bits per heavy atom. The molecule has 0 bridgehead atoms. The highest BCUT2D eigenvalue weighted by Crippen LogP contribution is 2.30. The Bertz CT molecular complexity index is 1080. The monoisotopic (exact) mass is 398 g/mol. The van der Waals surface area contributed by atoms with Crippen LogP contribution in [0.25, 0.3) is 11.4 Å². The lowest BCUT2D eigenvalue weighted by Gasteiger charge is -2.13. The summed E-state index contributed by atoms with van der Waals surface area (Å²) in [6.07, 6.45) is 0. The molecule has 1 aromatic heterocycles. The number of ketones is 1. The number of para-hydroxylation sites is 1. The maximum absolute atomic E-state index is 12.5. The lowest BCUT2D eigenvalue weighted by Crippen LogP contribution is -2.37. The van der Waals surface area contributed by atoms with Gasteiger partial charge in [-0.2, -0.15) is 0 Å². The van der Waals surface area contributed by atoms with Crippen LogP contribution in [0.1, 0.15) is 10.4 Å². The summed E-state index contributed by atoms with van der Waals surface area (Å²) in [4.78, 5) is 41.9. The molecule has 134 valence electrons. The Labute approximate surface area is 162 Å².